The summed E-state index contributed by atoms with van der Waals surface area (Å²) in [6.07, 6.45) is -24.5. The largest absolute Gasteiger partial charge is 0.459 e. The van der Waals surface area contributed by atoms with Gasteiger partial charge in [0.1, 0.15) is 60.0 Å². The van der Waals surface area contributed by atoms with Crippen molar-refractivity contribution in [2.75, 3.05) is 40.3 Å². The molecule has 6 fully saturated rings. The molecule has 3 aromatic carbocycles. The highest BCUT2D eigenvalue weighted by atomic mass is 16.7. The number of cyclic esters (lactones) is 1. The van der Waals surface area contributed by atoms with Crippen LogP contribution in [0.2, 0.25) is 0 Å². The van der Waals surface area contributed by atoms with Crippen molar-refractivity contribution >= 4 is 53.4 Å². The number of aliphatic hydroxyl groups excluding tert-OH is 4. The molecule has 4 saturated heterocycles. The van der Waals surface area contributed by atoms with Gasteiger partial charge in [0.15, 0.2) is 30.1 Å². The van der Waals surface area contributed by atoms with Crippen LogP contribution in [0.25, 0.3) is 0 Å². The van der Waals surface area contributed by atoms with Crippen molar-refractivity contribution in [1.82, 2.24) is 20.4 Å². The quantitative estimate of drug-likeness (QED) is 0.0238. The number of Topliss-reactive ketones (excluding diaryl/α,β-unsaturated/α-hetero) is 1. The van der Waals surface area contributed by atoms with E-state index in [-0.39, 0.29) is 79.6 Å². The number of nitrogens with zero attached hydrogens (tertiary/aromatic N) is 2. The monoisotopic (exact) mass is 1710 g/mol. The first-order chi connectivity index (χ1) is 57.1. The first-order valence-electron chi connectivity index (χ1n) is 42.5. The molecule has 3 aromatic rings. The van der Waals surface area contributed by atoms with Crippen LogP contribution in [0, 0.1) is 34.5 Å². The molecule has 20 unspecified atom stereocenters. The number of nitrogens with one attached hydrogen (secondary N) is 2. The van der Waals surface area contributed by atoms with E-state index >= 15 is 9.59 Å². The molecular weight excluding hydrogens is 1580 g/mol. The highest BCUT2D eigenvalue weighted by Crippen LogP contribution is 2.65. The van der Waals surface area contributed by atoms with Gasteiger partial charge in [-0.3, -0.25) is 38.5 Å². The van der Waals surface area contributed by atoms with E-state index in [0.717, 1.165) is 13.8 Å². The second-order valence-electron chi connectivity index (χ2n) is 36.6. The molecule has 32 heteroatoms. The predicted octanol–water partition coefficient (Wildman–Crippen LogP) is 5.20. The van der Waals surface area contributed by atoms with Gasteiger partial charge < -0.3 is 108 Å². The molecule has 3 aliphatic carbocycles. The Kier molecular flexibility index (Phi) is 30.5. The van der Waals surface area contributed by atoms with Crippen LogP contribution in [-0.2, 0) is 85.7 Å². The standard InChI is InChI=1S/C90H128N4O28/c1-19-62-88(16,110)74(101)52(7)94(45-47(2)42-86(14,109)77(121-83-69(100)59(93(17)18)40-48(3)113-83)50(5)70(51(6)80(105)117-62)119-66-44-85(13,108)75(102)53(8)114-66)39-29-38-91-64(98)36-37-65(99)118-72(68(56-30-23-20-24-31-56)92-79(104)57-32-25-21-26-33-57)82(107)116-60-43-90(111)78(120-81(106)58-34-27-22-28-35-58)73-87(15,61(97)41-63-89(73,46-112-63)122-55(10)96)76(103)71(115-54(9)95)67(49(60)4)84(90,11)12/h20-28,30-35,47-48,50-53,59-63,66,68-75,77-78,83,97,100-102,108-111H,19,29,36-46H2,1-18H3,(H,91,98)(H,92,104)/t47?,48?,50?,51?,52?,53?,59?,60-,61-,62?,63+,66?,68-,69?,70?,71+,72+,73?,74?,75?,77?,78?,83?,85?,86?,87+,88?,89-,90+/m0/s1. The van der Waals surface area contributed by atoms with Crippen molar-refractivity contribution in [2.45, 2.75) is 313 Å². The van der Waals surface area contributed by atoms with Gasteiger partial charge in [-0.05, 0) is 149 Å². The molecule has 0 radical (unpaired) electrons. The van der Waals surface area contributed by atoms with E-state index in [9.17, 15) is 74.4 Å². The van der Waals surface area contributed by atoms with E-state index in [1.807, 2.05) is 37.7 Å². The lowest BCUT2D eigenvalue weighted by atomic mass is 9.44. The summed E-state index contributed by atoms with van der Waals surface area (Å²) in [7, 11) is 3.63. The molecule has 2 saturated carbocycles. The van der Waals surface area contributed by atoms with Crippen LogP contribution in [-0.4, -0.2) is 283 Å². The molecule has 2 amide bonds. The third-order valence-corrected chi connectivity index (χ3v) is 26.8. The number of amides is 2. The Balaban J connectivity index is 0.929. The maximum Gasteiger partial charge on any atom is 0.350 e. The van der Waals surface area contributed by atoms with E-state index in [4.69, 9.17) is 52.1 Å². The SMILES string of the molecule is CCC1OC(=O)C(C)C(OC2CC(C)(O)C(O)C(C)O2)C(C)C(OC2OC(C)CC(N(C)C)C2O)C(C)(O)CC(C)CN(CCCNC(=O)CCC(=O)O[C@@H](C(=O)O[C@H]2C[C@@]3(O)C(OC(=O)c4ccccc4)C4[C@](C)(C(=O)[C@H](OC(C)=O)C(=C2C)C3(C)C)[C@@H](O)C[C@H]2OC[C@@]42OC(C)=O)[C@@H](NC(=O)c2ccccc2)c2ccccc2)C(C)C(O)C1(C)O. The summed E-state index contributed by atoms with van der Waals surface area (Å²) in [5.41, 5.74) is -14.0. The Bertz CT molecular complexity index is 4220. The minimum atomic E-state index is -2.59. The Morgan fingerprint density at radius 2 is 1.34 bits per heavy atom. The van der Waals surface area contributed by atoms with E-state index in [1.165, 1.54) is 72.7 Å². The summed E-state index contributed by atoms with van der Waals surface area (Å²) in [6, 6.07) is 20.5. The van der Waals surface area contributed by atoms with E-state index in [2.05, 4.69) is 10.6 Å². The summed E-state index contributed by atoms with van der Waals surface area (Å²) >= 11 is 0. The average molecular weight is 1710 g/mol. The van der Waals surface area contributed by atoms with E-state index in [1.54, 1.807) is 101 Å². The lowest BCUT2D eigenvalue weighted by molar-refractivity contribution is -0.346. The molecule has 4 heterocycles. The number of likely N-dealkylation sites (N-methyl/N-ethyl adjacent to an activating group) is 1. The first-order valence-corrected chi connectivity index (χ1v) is 42.5. The number of ether oxygens (including phenoxy) is 11. The summed E-state index contributed by atoms with van der Waals surface area (Å²) in [4.78, 5) is 136. The molecule has 10 rings (SSSR count). The van der Waals surface area contributed by atoms with Crippen LogP contribution in [0.4, 0.5) is 0 Å². The first kappa shape index (κ1) is 96.4. The Morgan fingerprint density at radius 3 is 1.92 bits per heavy atom. The third-order valence-electron chi connectivity index (χ3n) is 26.8. The Morgan fingerprint density at radius 1 is 0.713 bits per heavy atom. The zero-order chi connectivity index (χ0) is 90.0. The second kappa shape index (κ2) is 38.6. The number of ketones is 1. The number of esters is 6. The van der Waals surface area contributed by atoms with E-state index in [0.29, 0.717) is 6.42 Å². The summed E-state index contributed by atoms with van der Waals surface area (Å²) in [6.45, 7) is 24.0. The van der Waals surface area contributed by atoms with Gasteiger partial charge in [-0.1, -0.05) is 101 Å². The van der Waals surface area contributed by atoms with Crippen LogP contribution in [0.3, 0.4) is 0 Å². The second-order valence-corrected chi connectivity index (χ2v) is 36.6. The lowest BCUT2D eigenvalue weighted by Crippen LogP contribution is -2.82. The molecule has 10 N–H and O–H groups in total. The van der Waals surface area contributed by atoms with Crippen LogP contribution in [0.5, 0.6) is 0 Å². The molecule has 32 nitrogen and oxygen atoms in total. The van der Waals surface area contributed by atoms with Crippen molar-refractivity contribution in [2.24, 2.45) is 34.5 Å². The molecule has 29 atom stereocenters. The van der Waals surface area contributed by atoms with Gasteiger partial charge in [-0.25, -0.2) is 9.59 Å². The number of carbonyl (C=O) groups excluding carboxylic acids is 9. The molecule has 2 bridgehead atoms. The minimum Gasteiger partial charge on any atom is -0.459 e. The van der Waals surface area contributed by atoms with Gasteiger partial charge in [0.2, 0.25) is 12.0 Å². The smallest absolute Gasteiger partial charge is 0.350 e. The molecule has 7 aliphatic rings. The third kappa shape index (κ3) is 20.0. The normalized spacial score (nSPS) is 38.1. The van der Waals surface area contributed by atoms with Gasteiger partial charge in [0.05, 0.1) is 77.6 Å². The van der Waals surface area contributed by atoms with Crippen LogP contribution in [0.15, 0.2) is 102 Å². The highest BCUT2D eigenvalue weighted by molar-refractivity contribution is 5.97. The number of benzene rings is 3. The number of fused-ring (bicyclic) bond motifs is 5. The summed E-state index contributed by atoms with van der Waals surface area (Å²) in [5, 5.41) is 105. The number of rotatable bonds is 24. The van der Waals surface area contributed by atoms with Crippen molar-refractivity contribution in [3.8, 4) is 0 Å². The zero-order valence-corrected chi connectivity index (χ0v) is 73.3. The van der Waals surface area contributed by atoms with Gasteiger partial charge in [0.25, 0.3) is 5.91 Å². The fraction of sp³-hybridized carbons (Fsp3) is 0.678. The van der Waals surface area contributed by atoms with Gasteiger partial charge in [-0.2, -0.15) is 0 Å². The Labute approximate surface area is 713 Å². The van der Waals surface area contributed by atoms with Gasteiger partial charge in [-0.15, -0.1) is 0 Å². The topological polar surface area (TPSA) is 448 Å². The number of carbonyl (C=O) groups is 9. The molecule has 0 spiro atoms. The predicted molar refractivity (Wildman–Crippen MR) is 437 cm³/mol. The van der Waals surface area contributed by atoms with E-state index < -0.39 is 258 Å². The Hall–Kier alpha value is -7.77. The van der Waals surface area contributed by atoms with Crippen molar-refractivity contribution in [3.63, 3.8) is 0 Å². The van der Waals surface area contributed by atoms with Crippen LogP contribution >= 0.6 is 0 Å². The zero-order valence-electron chi connectivity index (χ0n) is 73.3. The average Bonchev–Trinajstić information content (AvgIpc) is 0.667. The fourth-order valence-electron chi connectivity index (χ4n) is 20.0. The molecule has 0 aromatic heterocycles. The van der Waals surface area contributed by atoms with Gasteiger partial charge in [0, 0.05) is 88.1 Å². The minimum absolute atomic E-state index is 0.0140. The molecule has 122 heavy (non-hydrogen) atoms. The van der Waals surface area contributed by atoms with Crippen molar-refractivity contribution in [3.05, 3.63) is 119 Å². The number of aliphatic hydroxyl groups is 8. The maximum absolute atomic E-state index is 16.1. The lowest BCUT2D eigenvalue weighted by Gasteiger charge is -2.67. The number of hydrogen-bond donors (Lipinski definition) is 10. The molecule has 676 valence electrons. The summed E-state index contributed by atoms with van der Waals surface area (Å²) in [5.74, 6) is -13.0. The van der Waals surface area contributed by atoms with Crippen molar-refractivity contribution < 1.29 is 136 Å². The fourth-order valence-corrected chi connectivity index (χ4v) is 20.0. The molecular formula is C90H128N4O28. The molecule has 4 aliphatic heterocycles. The number of hydrogen-bond acceptors (Lipinski definition) is 30. The van der Waals surface area contributed by atoms with Gasteiger partial charge >= 0.3 is 35.8 Å². The van der Waals surface area contributed by atoms with Crippen LogP contribution in [0.1, 0.15) is 201 Å². The summed E-state index contributed by atoms with van der Waals surface area (Å²) < 4.78 is 69.7. The van der Waals surface area contributed by atoms with Crippen LogP contribution < -0.4 is 10.6 Å². The van der Waals surface area contributed by atoms with Crippen molar-refractivity contribution in [1.29, 1.82) is 0 Å². The maximum atomic E-state index is 16.1. The highest BCUT2D eigenvalue weighted by Gasteiger charge is 2.79.